The summed E-state index contributed by atoms with van der Waals surface area (Å²) in [6.45, 7) is 2.95. The van der Waals surface area contributed by atoms with Crippen LogP contribution in [0.4, 0.5) is 0 Å². The summed E-state index contributed by atoms with van der Waals surface area (Å²) in [6, 6.07) is 0. The highest BCUT2D eigenvalue weighted by molar-refractivity contribution is 7.98. The van der Waals surface area contributed by atoms with E-state index in [1.165, 1.54) is 10.6 Å². The first-order valence-electron chi connectivity index (χ1n) is 3.91. The maximum absolute atomic E-state index is 4.36. The first kappa shape index (κ1) is 9.61. The number of aryl methyl sites for hydroxylation is 2. The van der Waals surface area contributed by atoms with E-state index in [0.29, 0.717) is 0 Å². The number of aromatic nitrogens is 2. The molecule has 0 amide bonds. The maximum Gasteiger partial charge on any atom is 0.0981 e. The summed E-state index contributed by atoms with van der Waals surface area (Å²) in [5, 5.41) is 8.75. The van der Waals surface area contributed by atoms with Gasteiger partial charge in [-0.3, -0.25) is 4.68 Å². The van der Waals surface area contributed by atoms with Crippen molar-refractivity contribution >= 4 is 11.8 Å². The zero-order chi connectivity index (χ0) is 9.14. The van der Waals surface area contributed by atoms with Gasteiger partial charge < -0.3 is 5.32 Å². The van der Waals surface area contributed by atoms with Crippen molar-refractivity contribution in [3.63, 3.8) is 0 Å². The molecule has 0 saturated carbocycles. The van der Waals surface area contributed by atoms with Crippen LogP contribution in [0, 0.1) is 6.92 Å². The van der Waals surface area contributed by atoms with Crippen LogP contribution in [0.2, 0.25) is 0 Å². The molecule has 3 nitrogen and oxygen atoms in total. The number of nitrogens with zero attached hydrogens (tertiary/aromatic N) is 2. The molecule has 0 saturated heterocycles. The zero-order valence-electron chi connectivity index (χ0n) is 8.01. The third kappa shape index (κ3) is 1.64. The Morgan fingerprint density at radius 3 is 2.75 bits per heavy atom. The highest BCUT2D eigenvalue weighted by atomic mass is 32.2. The molecule has 1 rings (SSSR count). The molecule has 0 atom stereocenters. The minimum atomic E-state index is 0.899. The Morgan fingerprint density at radius 1 is 1.58 bits per heavy atom. The number of thioether (sulfide) groups is 1. The average Bonchev–Trinajstić information content (AvgIpc) is 2.28. The van der Waals surface area contributed by atoms with Crippen molar-refractivity contribution in [1.82, 2.24) is 15.1 Å². The number of rotatable bonds is 3. The van der Waals surface area contributed by atoms with E-state index in [2.05, 4.69) is 16.7 Å². The van der Waals surface area contributed by atoms with Crippen molar-refractivity contribution in [3.8, 4) is 0 Å². The molecule has 0 unspecified atom stereocenters. The predicted octanol–water partition coefficient (Wildman–Crippen LogP) is 1.17. The lowest BCUT2D eigenvalue weighted by Gasteiger charge is -2.01. The van der Waals surface area contributed by atoms with Gasteiger partial charge in [0, 0.05) is 19.2 Å². The molecule has 1 heterocycles. The van der Waals surface area contributed by atoms with E-state index in [4.69, 9.17) is 0 Å². The average molecular weight is 185 g/mol. The van der Waals surface area contributed by atoms with Gasteiger partial charge in [0.2, 0.25) is 0 Å². The minimum absolute atomic E-state index is 0.899. The topological polar surface area (TPSA) is 29.9 Å². The van der Waals surface area contributed by atoms with Crippen LogP contribution in [0.15, 0.2) is 5.03 Å². The standard InChI is InChI=1S/C8H15N3S/c1-6-7(5-9-2)8(12-4)11(3)10-6/h9H,5H2,1-4H3. The number of hydrogen-bond acceptors (Lipinski definition) is 3. The lowest BCUT2D eigenvalue weighted by molar-refractivity contribution is 0.684. The number of nitrogens with one attached hydrogen (secondary N) is 1. The first-order chi connectivity index (χ1) is 5.70. The van der Waals surface area contributed by atoms with Gasteiger partial charge in [0.05, 0.1) is 10.7 Å². The van der Waals surface area contributed by atoms with Crippen molar-refractivity contribution < 1.29 is 0 Å². The fraction of sp³-hybridized carbons (Fsp3) is 0.625. The monoisotopic (exact) mass is 185 g/mol. The molecular formula is C8H15N3S. The van der Waals surface area contributed by atoms with Crippen molar-refractivity contribution in [2.24, 2.45) is 7.05 Å². The second-order valence-corrected chi connectivity index (χ2v) is 3.52. The van der Waals surface area contributed by atoms with Crippen LogP contribution in [-0.4, -0.2) is 23.1 Å². The highest BCUT2D eigenvalue weighted by Crippen LogP contribution is 2.21. The van der Waals surface area contributed by atoms with Crippen molar-refractivity contribution in [2.75, 3.05) is 13.3 Å². The maximum atomic E-state index is 4.36. The van der Waals surface area contributed by atoms with E-state index in [1.807, 2.05) is 25.7 Å². The van der Waals surface area contributed by atoms with Gasteiger partial charge in [-0.1, -0.05) is 0 Å². The summed E-state index contributed by atoms with van der Waals surface area (Å²) in [5.74, 6) is 0. The third-order valence-electron chi connectivity index (χ3n) is 1.84. The third-order valence-corrected chi connectivity index (χ3v) is 2.73. The molecule has 0 aliphatic carbocycles. The van der Waals surface area contributed by atoms with Crippen LogP contribution >= 0.6 is 11.8 Å². The SMILES string of the molecule is CNCc1c(C)nn(C)c1SC. The molecule has 0 aromatic carbocycles. The fourth-order valence-electron chi connectivity index (χ4n) is 1.32. The summed E-state index contributed by atoms with van der Waals surface area (Å²) < 4.78 is 1.94. The van der Waals surface area contributed by atoms with E-state index in [-0.39, 0.29) is 0 Å². The fourth-order valence-corrected chi connectivity index (χ4v) is 2.09. The van der Waals surface area contributed by atoms with E-state index in [1.54, 1.807) is 11.8 Å². The largest absolute Gasteiger partial charge is 0.316 e. The smallest absolute Gasteiger partial charge is 0.0981 e. The molecule has 68 valence electrons. The molecule has 4 heteroatoms. The van der Waals surface area contributed by atoms with E-state index >= 15 is 0 Å². The van der Waals surface area contributed by atoms with Gasteiger partial charge in [-0.15, -0.1) is 11.8 Å². The van der Waals surface area contributed by atoms with E-state index in [0.717, 1.165) is 12.2 Å². The first-order valence-corrected chi connectivity index (χ1v) is 5.14. The molecule has 1 aromatic heterocycles. The lowest BCUT2D eigenvalue weighted by Crippen LogP contribution is -2.06. The summed E-state index contributed by atoms with van der Waals surface area (Å²) in [7, 11) is 3.94. The van der Waals surface area contributed by atoms with Gasteiger partial charge in [-0.2, -0.15) is 5.10 Å². The second-order valence-electron chi connectivity index (χ2n) is 2.73. The molecule has 0 radical (unpaired) electrons. The van der Waals surface area contributed by atoms with Gasteiger partial charge in [-0.05, 0) is 20.2 Å². The van der Waals surface area contributed by atoms with Crippen LogP contribution in [0.1, 0.15) is 11.3 Å². The second kappa shape index (κ2) is 3.96. The van der Waals surface area contributed by atoms with Gasteiger partial charge in [0.1, 0.15) is 0 Å². The van der Waals surface area contributed by atoms with Gasteiger partial charge in [0.15, 0.2) is 0 Å². The van der Waals surface area contributed by atoms with Crippen LogP contribution in [0.25, 0.3) is 0 Å². The minimum Gasteiger partial charge on any atom is -0.316 e. The molecule has 0 fully saturated rings. The molecule has 1 aromatic rings. The Kier molecular flexibility index (Phi) is 3.17. The molecule has 0 bridgehead atoms. The summed E-state index contributed by atoms with van der Waals surface area (Å²) in [5.41, 5.74) is 2.43. The highest BCUT2D eigenvalue weighted by Gasteiger charge is 2.10. The summed E-state index contributed by atoms with van der Waals surface area (Å²) in [4.78, 5) is 0. The number of hydrogen-bond donors (Lipinski definition) is 1. The van der Waals surface area contributed by atoms with Crippen LogP contribution < -0.4 is 5.32 Å². The molecule has 0 spiro atoms. The molecule has 12 heavy (non-hydrogen) atoms. The van der Waals surface area contributed by atoms with Crippen LogP contribution in [0.3, 0.4) is 0 Å². The molecular weight excluding hydrogens is 170 g/mol. The lowest BCUT2D eigenvalue weighted by atomic mass is 10.3. The predicted molar refractivity (Wildman–Crippen MR) is 52.5 cm³/mol. The Hall–Kier alpha value is -0.480. The van der Waals surface area contributed by atoms with Gasteiger partial charge in [0.25, 0.3) is 0 Å². The van der Waals surface area contributed by atoms with E-state index in [9.17, 15) is 0 Å². The summed E-state index contributed by atoms with van der Waals surface area (Å²) >= 11 is 1.74. The normalized spacial score (nSPS) is 10.7. The Morgan fingerprint density at radius 2 is 2.25 bits per heavy atom. The molecule has 0 aliphatic rings. The van der Waals surface area contributed by atoms with Crippen LogP contribution in [-0.2, 0) is 13.6 Å². The van der Waals surface area contributed by atoms with Crippen molar-refractivity contribution in [3.05, 3.63) is 11.3 Å². The Labute approximate surface area is 77.5 Å². The zero-order valence-corrected chi connectivity index (χ0v) is 8.83. The van der Waals surface area contributed by atoms with E-state index < -0.39 is 0 Å². The quantitative estimate of drug-likeness (QED) is 0.717. The van der Waals surface area contributed by atoms with Crippen molar-refractivity contribution in [1.29, 1.82) is 0 Å². The van der Waals surface area contributed by atoms with Crippen LogP contribution in [0.5, 0.6) is 0 Å². The van der Waals surface area contributed by atoms with Crippen molar-refractivity contribution in [2.45, 2.75) is 18.5 Å². The molecule has 1 N–H and O–H groups in total. The molecule has 0 aliphatic heterocycles. The Balaban J connectivity index is 3.04. The Bertz CT molecular complexity index is 268. The summed E-state index contributed by atoms with van der Waals surface area (Å²) in [6.07, 6.45) is 2.08. The van der Waals surface area contributed by atoms with Gasteiger partial charge in [-0.25, -0.2) is 0 Å². The van der Waals surface area contributed by atoms with Gasteiger partial charge >= 0.3 is 0 Å².